The molecule has 3 aliphatic carbocycles. The average molecular weight is 497 g/mol. The van der Waals surface area contributed by atoms with E-state index in [0.29, 0.717) is 42.3 Å². The van der Waals surface area contributed by atoms with Crippen molar-refractivity contribution in [2.45, 2.75) is 55.6 Å². The number of alkyl halides is 1. The van der Waals surface area contributed by atoms with Gasteiger partial charge in [0.15, 0.2) is 5.79 Å². The van der Waals surface area contributed by atoms with Crippen LogP contribution in [0.1, 0.15) is 60.0 Å². The lowest BCUT2D eigenvalue weighted by molar-refractivity contribution is -0.233. The Labute approximate surface area is 197 Å². The van der Waals surface area contributed by atoms with Crippen molar-refractivity contribution in [2.24, 2.45) is 17.3 Å². The molecule has 1 saturated heterocycles. The van der Waals surface area contributed by atoms with Gasteiger partial charge < -0.3 is 14.2 Å². The molecular weight excluding hydrogens is 468 g/mol. The fourth-order valence-corrected chi connectivity index (χ4v) is 8.41. The molecule has 5 atom stereocenters. The smallest absolute Gasteiger partial charge is 0.343 e. The van der Waals surface area contributed by atoms with Gasteiger partial charge in [-0.15, -0.1) is 0 Å². The first-order valence-electron chi connectivity index (χ1n) is 11.8. The Morgan fingerprint density at radius 1 is 1.09 bits per heavy atom. The summed E-state index contributed by atoms with van der Waals surface area (Å²) in [6.45, 7) is 3.81. The van der Waals surface area contributed by atoms with E-state index in [-0.39, 0.29) is 16.2 Å². The Kier molecular flexibility index (Phi) is 5.01. The molecular formula is C27H29BrO4. The number of hydrogen-bond acceptors (Lipinski definition) is 4. The van der Waals surface area contributed by atoms with Crippen LogP contribution in [-0.4, -0.2) is 29.8 Å². The van der Waals surface area contributed by atoms with Gasteiger partial charge >= 0.3 is 5.97 Å². The fraction of sp³-hybridized carbons (Fsp3) is 0.519. The number of carbonyl (C=O) groups is 1. The Balaban J connectivity index is 1.25. The maximum atomic E-state index is 12.5. The molecule has 0 amide bonds. The highest BCUT2D eigenvalue weighted by atomic mass is 79.9. The minimum Gasteiger partial charge on any atom is -0.423 e. The summed E-state index contributed by atoms with van der Waals surface area (Å²) in [6.07, 6.45) is 5.58. The molecule has 0 N–H and O–H groups in total. The predicted molar refractivity (Wildman–Crippen MR) is 125 cm³/mol. The third kappa shape index (κ3) is 2.97. The summed E-state index contributed by atoms with van der Waals surface area (Å²) in [7, 11) is 0. The van der Waals surface area contributed by atoms with Crippen LogP contribution >= 0.6 is 15.9 Å². The van der Waals surface area contributed by atoms with Crippen LogP contribution in [-0.2, 0) is 15.9 Å². The van der Waals surface area contributed by atoms with E-state index in [2.05, 4.69) is 35.0 Å². The summed E-state index contributed by atoms with van der Waals surface area (Å²) >= 11 is 3.95. The number of halogens is 1. The number of aryl methyl sites for hydroxylation is 1. The summed E-state index contributed by atoms with van der Waals surface area (Å²) in [5.74, 6) is 1.68. The van der Waals surface area contributed by atoms with Gasteiger partial charge in [-0.1, -0.05) is 47.1 Å². The molecule has 2 saturated carbocycles. The van der Waals surface area contributed by atoms with Gasteiger partial charge in [0, 0.05) is 5.41 Å². The van der Waals surface area contributed by atoms with Crippen molar-refractivity contribution >= 4 is 21.9 Å². The topological polar surface area (TPSA) is 44.8 Å². The Bertz CT molecular complexity index is 1030. The standard InChI is InChI=1S/C27H29BrO4/c1-26-12-11-21-20-10-8-19(32-25(29)17-5-3-2-4-6-17)15-18(20)7-9-22(21)23(26)16-24(28)27(26)30-13-14-31-27/h2-6,8,10,15,21-24H,7,9,11-14,16H2,1H3/t21?,22?,23?,24-,26-/m0/s1. The van der Waals surface area contributed by atoms with Crippen molar-refractivity contribution in [2.75, 3.05) is 13.2 Å². The van der Waals surface area contributed by atoms with E-state index in [9.17, 15) is 4.79 Å². The highest BCUT2D eigenvalue weighted by molar-refractivity contribution is 9.09. The quantitative estimate of drug-likeness (QED) is 0.296. The first-order chi connectivity index (χ1) is 15.5. The van der Waals surface area contributed by atoms with E-state index in [1.165, 1.54) is 17.5 Å². The number of hydrogen-bond donors (Lipinski definition) is 0. The Morgan fingerprint density at radius 2 is 1.88 bits per heavy atom. The van der Waals surface area contributed by atoms with Crippen LogP contribution in [0.25, 0.3) is 0 Å². The summed E-state index contributed by atoms with van der Waals surface area (Å²) in [5.41, 5.74) is 3.42. The number of fused-ring (bicyclic) bond motifs is 6. The minimum absolute atomic E-state index is 0.0570. The third-order valence-electron chi connectivity index (χ3n) is 8.69. The van der Waals surface area contributed by atoms with Crippen molar-refractivity contribution in [3.63, 3.8) is 0 Å². The van der Waals surface area contributed by atoms with Crippen molar-refractivity contribution in [1.29, 1.82) is 0 Å². The molecule has 0 radical (unpaired) electrons. The van der Waals surface area contributed by atoms with Gasteiger partial charge in [0.25, 0.3) is 0 Å². The number of benzene rings is 2. The third-order valence-corrected chi connectivity index (χ3v) is 9.67. The number of carbonyl (C=O) groups excluding carboxylic acids is 1. The van der Waals surface area contributed by atoms with Crippen LogP contribution < -0.4 is 4.74 Å². The molecule has 32 heavy (non-hydrogen) atoms. The van der Waals surface area contributed by atoms with E-state index < -0.39 is 5.79 Å². The molecule has 3 fully saturated rings. The van der Waals surface area contributed by atoms with Gasteiger partial charge in [-0.2, -0.15) is 0 Å². The normalized spacial score (nSPS) is 34.6. The summed E-state index contributed by atoms with van der Waals surface area (Å²) in [6, 6.07) is 15.5. The van der Waals surface area contributed by atoms with Gasteiger partial charge in [0.1, 0.15) is 5.75 Å². The van der Waals surface area contributed by atoms with Crippen LogP contribution in [0.4, 0.5) is 0 Å². The van der Waals surface area contributed by atoms with Gasteiger partial charge in [0.2, 0.25) is 0 Å². The van der Waals surface area contributed by atoms with E-state index in [1.807, 2.05) is 24.3 Å². The van der Waals surface area contributed by atoms with Crippen LogP contribution in [0.15, 0.2) is 48.5 Å². The summed E-state index contributed by atoms with van der Waals surface area (Å²) in [5, 5.41) is 0. The molecule has 5 heteroatoms. The monoisotopic (exact) mass is 496 g/mol. The average Bonchev–Trinajstić information content (AvgIpc) is 3.40. The summed E-state index contributed by atoms with van der Waals surface area (Å²) in [4.78, 5) is 12.7. The van der Waals surface area contributed by atoms with Crippen LogP contribution in [0, 0.1) is 17.3 Å². The lowest BCUT2D eigenvalue weighted by Crippen LogP contribution is -2.53. The first-order valence-corrected chi connectivity index (χ1v) is 12.8. The molecule has 2 aromatic carbocycles. The second-order valence-corrected chi connectivity index (χ2v) is 11.2. The van der Waals surface area contributed by atoms with Crippen molar-refractivity contribution < 1.29 is 19.0 Å². The molecule has 3 unspecified atom stereocenters. The predicted octanol–water partition coefficient (Wildman–Crippen LogP) is 5.88. The summed E-state index contributed by atoms with van der Waals surface area (Å²) < 4.78 is 18.3. The Morgan fingerprint density at radius 3 is 2.66 bits per heavy atom. The van der Waals surface area contributed by atoms with Crippen molar-refractivity contribution in [3.05, 3.63) is 65.2 Å². The van der Waals surface area contributed by atoms with Gasteiger partial charge in [-0.25, -0.2) is 4.79 Å². The largest absolute Gasteiger partial charge is 0.423 e. The minimum atomic E-state index is -0.460. The lowest BCUT2D eigenvalue weighted by atomic mass is 9.55. The molecule has 6 rings (SSSR count). The molecule has 168 valence electrons. The molecule has 0 aromatic heterocycles. The van der Waals surface area contributed by atoms with E-state index >= 15 is 0 Å². The van der Waals surface area contributed by atoms with Crippen LogP contribution in [0.5, 0.6) is 5.75 Å². The SMILES string of the molecule is C[C@]12CCC3c4ccc(OC(=O)c5ccccc5)cc4CCC3C1C[C@H](Br)C21OCCO1. The molecule has 1 heterocycles. The highest BCUT2D eigenvalue weighted by Gasteiger charge is 2.68. The van der Waals surface area contributed by atoms with E-state index in [0.717, 1.165) is 25.7 Å². The lowest BCUT2D eigenvalue weighted by Gasteiger charge is -2.52. The molecule has 1 aliphatic heterocycles. The van der Waals surface area contributed by atoms with E-state index in [4.69, 9.17) is 14.2 Å². The zero-order valence-electron chi connectivity index (χ0n) is 18.4. The zero-order valence-corrected chi connectivity index (χ0v) is 20.0. The van der Waals surface area contributed by atoms with Gasteiger partial charge in [-0.3, -0.25) is 0 Å². The molecule has 1 spiro atoms. The van der Waals surface area contributed by atoms with E-state index in [1.54, 1.807) is 12.1 Å². The van der Waals surface area contributed by atoms with Crippen molar-refractivity contribution in [3.8, 4) is 5.75 Å². The molecule has 4 nitrogen and oxygen atoms in total. The molecule has 4 aliphatic rings. The zero-order chi connectivity index (χ0) is 21.9. The van der Waals surface area contributed by atoms with Crippen molar-refractivity contribution in [1.82, 2.24) is 0 Å². The number of rotatable bonds is 2. The maximum absolute atomic E-state index is 12.5. The van der Waals surface area contributed by atoms with Gasteiger partial charge in [0.05, 0.1) is 23.6 Å². The van der Waals surface area contributed by atoms with Gasteiger partial charge in [-0.05, 0) is 85.3 Å². The Hall–Kier alpha value is -1.69. The number of ether oxygens (including phenoxy) is 3. The number of esters is 1. The van der Waals surface area contributed by atoms with Crippen LogP contribution in [0.2, 0.25) is 0 Å². The highest BCUT2D eigenvalue weighted by Crippen LogP contribution is 2.67. The molecule has 0 bridgehead atoms. The van der Waals surface area contributed by atoms with Crippen LogP contribution in [0.3, 0.4) is 0 Å². The maximum Gasteiger partial charge on any atom is 0.343 e. The second kappa shape index (κ2) is 7.68. The molecule has 2 aromatic rings. The first kappa shape index (κ1) is 20.9. The second-order valence-electron chi connectivity index (χ2n) is 10.1. The fourth-order valence-electron chi connectivity index (χ4n) is 7.22.